The molecule has 4 heteroatoms. The van der Waals surface area contributed by atoms with Crippen LogP contribution in [0.15, 0.2) is 35.7 Å². The zero-order chi connectivity index (χ0) is 13.4. The second-order valence-corrected chi connectivity index (χ2v) is 5.60. The number of nitrogens with zero attached hydrogens (tertiary/aromatic N) is 1. The quantitative estimate of drug-likeness (QED) is 0.548. The fraction of sp³-hybridized carbons (Fsp3) is 0.133. The average molecular weight is 269 g/mol. The first-order valence-electron chi connectivity index (χ1n) is 6.11. The van der Waals surface area contributed by atoms with Crippen LogP contribution in [-0.2, 0) is 0 Å². The number of thiophene rings is 1. The molecular weight excluding hydrogens is 254 g/mol. The SMILES string of the molecule is Cc1cc(C)c2cc(-c3cccs3)c(NN)nc2c1. The molecule has 0 unspecified atom stereocenters. The van der Waals surface area contributed by atoms with E-state index in [4.69, 9.17) is 5.84 Å². The van der Waals surface area contributed by atoms with Crippen molar-refractivity contribution in [3.63, 3.8) is 0 Å². The Hall–Kier alpha value is -1.91. The second-order valence-electron chi connectivity index (χ2n) is 4.65. The highest BCUT2D eigenvalue weighted by molar-refractivity contribution is 7.13. The van der Waals surface area contributed by atoms with Crippen LogP contribution in [0.5, 0.6) is 0 Å². The summed E-state index contributed by atoms with van der Waals surface area (Å²) >= 11 is 1.69. The van der Waals surface area contributed by atoms with Gasteiger partial charge in [-0.3, -0.25) is 0 Å². The minimum atomic E-state index is 0.722. The van der Waals surface area contributed by atoms with Gasteiger partial charge in [-0.15, -0.1) is 11.3 Å². The monoisotopic (exact) mass is 269 g/mol. The smallest absolute Gasteiger partial charge is 0.149 e. The van der Waals surface area contributed by atoms with Crippen molar-refractivity contribution in [1.29, 1.82) is 0 Å². The van der Waals surface area contributed by atoms with E-state index in [9.17, 15) is 0 Å². The maximum atomic E-state index is 5.62. The normalized spacial score (nSPS) is 10.9. The summed E-state index contributed by atoms with van der Waals surface area (Å²) in [5.41, 5.74) is 7.19. The van der Waals surface area contributed by atoms with Gasteiger partial charge >= 0.3 is 0 Å². The number of nitrogens with one attached hydrogen (secondary N) is 1. The van der Waals surface area contributed by atoms with Crippen LogP contribution in [0.2, 0.25) is 0 Å². The Morgan fingerprint density at radius 3 is 2.74 bits per heavy atom. The van der Waals surface area contributed by atoms with Gasteiger partial charge in [-0.1, -0.05) is 12.1 Å². The van der Waals surface area contributed by atoms with Crippen molar-refractivity contribution in [1.82, 2.24) is 4.98 Å². The molecule has 3 N–H and O–H groups in total. The maximum Gasteiger partial charge on any atom is 0.149 e. The van der Waals surface area contributed by atoms with Crippen LogP contribution in [0.4, 0.5) is 5.82 Å². The van der Waals surface area contributed by atoms with E-state index in [-0.39, 0.29) is 0 Å². The van der Waals surface area contributed by atoms with Gasteiger partial charge in [0.1, 0.15) is 5.82 Å². The fourth-order valence-electron chi connectivity index (χ4n) is 2.36. The van der Waals surface area contributed by atoms with E-state index < -0.39 is 0 Å². The Labute approximate surface area is 116 Å². The molecule has 0 aliphatic rings. The average Bonchev–Trinajstić information content (AvgIpc) is 2.91. The van der Waals surface area contributed by atoms with Gasteiger partial charge in [0.15, 0.2) is 0 Å². The number of nitrogens with two attached hydrogens (primary N) is 1. The molecule has 0 atom stereocenters. The lowest BCUT2D eigenvalue weighted by Crippen LogP contribution is -2.10. The third kappa shape index (κ3) is 2.09. The molecule has 0 fully saturated rings. The van der Waals surface area contributed by atoms with E-state index >= 15 is 0 Å². The van der Waals surface area contributed by atoms with Gasteiger partial charge in [-0.25, -0.2) is 10.8 Å². The number of nitrogen functional groups attached to an aromatic ring is 1. The summed E-state index contributed by atoms with van der Waals surface area (Å²) in [4.78, 5) is 5.81. The van der Waals surface area contributed by atoms with Crippen molar-refractivity contribution >= 4 is 28.1 Å². The van der Waals surface area contributed by atoms with E-state index in [1.165, 1.54) is 21.4 Å². The Bertz CT molecular complexity index is 733. The molecule has 2 aromatic heterocycles. The van der Waals surface area contributed by atoms with E-state index in [0.29, 0.717) is 0 Å². The summed E-state index contributed by atoms with van der Waals surface area (Å²) in [6.45, 7) is 4.20. The summed E-state index contributed by atoms with van der Waals surface area (Å²) in [6, 6.07) is 10.5. The third-order valence-electron chi connectivity index (χ3n) is 3.21. The molecular formula is C15H15N3S. The van der Waals surface area contributed by atoms with Crippen molar-refractivity contribution in [2.45, 2.75) is 13.8 Å². The molecule has 3 aromatic rings. The zero-order valence-corrected chi connectivity index (χ0v) is 11.7. The van der Waals surface area contributed by atoms with Crippen LogP contribution in [0.25, 0.3) is 21.3 Å². The number of aromatic nitrogens is 1. The van der Waals surface area contributed by atoms with Crippen molar-refractivity contribution in [2.75, 3.05) is 5.43 Å². The number of hydrogen-bond donors (Lipinski definition) is 2. The predicted molar refractivity (Wildman–Crippen MR) is 82.3 cm³/mol. The largest absolute Gasteiger partial charge is 0.308 e. The summed E-state index contributed by atoms with van der Waals surface area (Å²) in [5, 5.41) is 3.23. The lowest BCUT2D eigenvalue weighted by atomic mass is 10.0. The number of rotatable bonds is 2. The minimum absolute atomic E-state index is 0.722. The van der Waals surface area contributed by atoms with Crippen LogP contribution < -0.4 is 11.3 Å². The number of fused-ring (bicyclic) bond motifs is 1. The zero-order valence-electron chi connectivity index (χ0n) is 10.9. The van der Waals surface area contributed by atoms with Crippen molar-refractivity contribution in [2.24, 2.45) is 5.84 Å². The highest BCUT2D eigenvalue weighted by Gasteiger charge is 2.10. The highest BCUT2D eigenvalue weighted by Crippen LogP contribution is 2.33. The lowest BCUT2D eigenvalue weighted by Gasteiger charge is -2.11. The molecule has 1 aromatic carbocycles. The van der Waals surface area contributed by atoms with Gasteiger partial charge < -0.3 is 5.43 Å². The number of hydrazine groups is 1. The number of aryl methyl sites for hydroxylation is 2. The molecule has 0 saturated heterocycles. The van der Waals surface area contributed by atoms with Crippen molar-refractivity contribution in [3.05, 3.63) is 46.8 Å². The number of benzene rings is 1. The molecule has 0 amide bonds. The first kappa shape index (κ1) is 12.1. The molecule has 0 spiro atoms. The Balaban J connectivity index is 2.34. The van der Waals surface area contributed by atoms with E-state index in [2.05, 4.69) is 53.9 Å². The van der Waals surface area contributed by atoms with Gasteiger partial charge in [-0.2, -0.15) is 0 Å². The molecule has 96 valence electrons. The topological polar surface area (TPSA) is 50.9 Å². The van der Waals surface area contributed by atoms with Crippen LogP contribution in [-0.4, -0.2) is 4.98 Å². The Kier molecular flexibility index (Phi) is 2.97. The lowest BCUT2D eigenvalue weighted by molar-refractivity contribution is 1.26. The molecule has 0 saturated carbocycles. The van der Waals surface area contributed by atoms with Crippen LogP contribution >= 0.6 is 11.3 Å². The predicted octanol–water partition coefficient (Wildman–Crippen LogP) is 3.87. The number of pyridine rings is 1. The number of anilines is 1. The third-order valence-corrected chi connectivity index (χ3v) is 4.11. The standard InChI is InChI=1S/C15H15N3S/c1-9-6-10(2)11-8-12(14-4-3-5-19-14)15(18-16)17-13(11)7-9/h3-8H,16H2,1-2H3,(H,17,18). The van der Waals surface area contributed by atoms with Gasteiger partial charge in [0.2, 0.25) is 0 Å². The highest BCUT2D eigenvalue weighted by atomic mass is 32.1. The van der Waals surface area contributed by atoms with Gasteiger partial charge in [-0.05, 0) is 48.6 Å². The van der Waals surface area contributed by atoms with E-state index in [1.54, 1.807) is 11.3 Å². The molecule has 2 heterocycles. The molecule has 0 aliphatic heterocycles. The number of hydrogen-bond acceptors (Lipinski definition) is 4. The molecule has 0 aliphatic carbocycles. The van der Waals surface area contributed by atoms with Crippen LogP contribution in [0.1, 0.15) is 11.1 Å². The second kappa shape index (κ2) is 4.64. The minimum Gasteiger partial charge on any atom is -0.308 e. The van der Waals surface area contributed by atoms with E-state index in [0.717, 1.165) is 16.9 Å². The van der Waals surface area contributed by atoms with Crippen LogP contribution in [0, 0.1) is 13.8 Å². The first-order chi connectivity index (χ1) is 9.19. The van der Waals surface area contributed by atoms with Gasteiger partial charge in [0.05, 0.1) is 5.52 Å². The summed E-state index contributed by atoms with van der Waals surface area (Å²) < 4.78 is 0. The fourth-order valence-corrected chi connectivity index (χ4v) is 3.10. The van der Waals surface area contributed by atoms with Crippen molar-refractivity contribution < 1.29 is 0 Å². The Morgan fingerprint density at radius 1 is 1.21 bits per heavy atom. The molecule has 19 heavy (non-hydrogen) atoms. The van der Waals surface area contributed by atoms with E-state index in [1.807, 2.05) is 6.07 Å². The summed E-state index contributed by atoms with van der Waals surface area (Å²) in [7, 11) is 0. The van der Waals surface area contributed by atoms with Crippen LogP contribution in [0.3, 0.4) is 0 Å². The molecule has 0 bridgehead atoms. The Morgan fingerprint density at radius 2 is 2.05 bits per heavy atom. The summed E-state index contributed by atoms with van der Waals surface area (Å²) in [6.07, 6.45) is 0. The van der Waals surface area contributed by atoms with Crippen molar-refractivity contribution in [3.8, 4) is 10.4 Å². The molecule has 3 nitrogen and oxygen atoms in total. The molecule has 3 rings (SSSR count). The summed E-state index contributed by atoms with van der Waals surface area (Å²) in [5.74, 6) is 6.34. The first-order valence-corrected chi connectivity index (χ1v) is 6.99. The van der Waals surface area contributed by atoms with Gasteiger partial charge in [0, 0.05) is 15.8 Å². The maximum absolute atomic E-state index is 5.62. The van der Waals surface area contributed by atoms with Gasteiger partial charge in [0.25, 0.3) is 0 Å². The molecule has 0 radical (unpaired) electrons.